The van der Waals surface area contributed by atoms with E-state index in [4.69, 9.17) is 24.4 Å². The van der Waals surface area contributed by atoms with Crippen molar-refractivity contribution in [2.75, 3.05) is 0 Å². The normalized spacial score (nSPS) is 10.9. The zero-order chi connectivity index (χ0) is 20.3. The molecule has 3 aromatic rings. The number of hydrogen-bond donors (Lipinski definition) is 0. The molecule has 0 spiro atoms. The van der Waals surface area contributed by atoms with E-state index in [9.17, 15) is 9.59 Å². The van der Waals surface area contributed by atoms with Crippen molar-refractivity contribution in [2.24, 2.45) is 0 Å². The lowest BCUT2D eigenvalue weighted by Gasteiger charge is -2.09. The minimum absolute atomic E-state index is 0.0653. The molecule has 2 aromatic heterocycles. The third-order valence-corrected chi connectivity index (χ3v) is 7.45. The molecule has 0 saturated carbocycles. The Hall–Kier alpha value is -1.74. The van der Waals surface area contributed by atoms with E-state index in [-0.39, 0.29) is 11.1 Å². The van der Waals surface area contributed by atoms with Crippen LogP contribution in [0.5, 0.6) is 0 Å². The molecule has 28 heavy (non-hydrogen) atoms. The third kappa shape index (κ3) is 4.81. The predicted octanol–water partition coefficient (Wildman–Crippen LogP) is 4.81. The highest BCUT2D eigenvalue weighted by Gasteiger charge is 2.06. The van der Waals surface area contributed by atoms with Crippen molar-refractivity contribution in [3.63, 3.8) is 0 Å². The highest BCUT2D eigenvalue weighted by atomic mass is 32.2. The molecule has 0 aliphatic rings. The highest BCUT2D eigenvalue weighted by molar-refractivity contribution is 7.73. The van der Waals surface area contributed by atoms with Crippen LogP contribution in [0.3, 0.4) is 0 Å². The van der Waals surface area contributed by atoms with Gasteiger partial charge in [-0.3, -0.25) is 18.7 Å². The maximum Gasteiger partial charge on any atom is 0.253 e. The Labute approximate surface area is 181 Å². The fourth-order valence-electron chi connectivity index (χ4n) is 2.75. The van der Waals surface area contributed by atoms with Crippen LogP contribution in [-0.4, -0.2) is 9.13 Å². The maximum absolute atomic E-state index is 12.3. The van der Waals surface area contributed by atoms with Crippen molar-refractivity contribution < 1.29 is 0 Å². The molecule has 146 valence electrons. The summed E-state index contributed by atoms with van der Waals surface area (Å²) in [6, 6.07) is 11.2. The van der Waals surface area contributed by atoms with Crippen molar-refractivity contribution in [2.45, 2.75) is 39.8 Å². The minimum Gasteiger partial charge on any atom is -0.287 e. The van der Waals surface area contributed by atoms with Gasteiger partial charge in [-0.15, -0.1) is 22.7 Å². The van der Waals surface area contributed by atoms with Crippen molar-refractivity contribution in [3.8, 4) is 0 Å². The Balaban J connectivity index is 1.82. The number of hydrogen-bond acceptors (Lipinski definition) is 6. The van der Waals surface area contributed by atoms with E-state index < -0.39 is 0 Å². The fraction of sp³-hybridized carbons (Fsp3) is 0.300. The van der Waals surface area contributed by atoms with Gasteiger partial charge in [0.05, 0.1) is 13.1 Å². The van der Waals surface area contributed by atoms with E-state index in [0.29, 0.717) is 21.0 Å². The van der Waals surface area contributed by atoms with Crippen LogP contribution in [0, 0.1) is 7.91 Å². The molecular formula is C20H20N2O2S4. The van der Waals surface area contributed by atoms with Crippen molar-refractivity contribution in [1.82, 2.24) is 9.13 Å². The zero-order valence-electron chi connectivity index (χ0n) is 15.6. The summed E-state index contributed by atoms with van der Waals surface area (Å²) >= 11 is 13.7. The summed E-state index contributed by atoms with van der Waals surface area (Å²) in [5.41, 5.74) is 1.85. The minimum atomic E-state index is -0.0653. The summed E-state index contributed by atoms with van der Waals surface area (Å²) in [5, 5.41) is 0. The average molecular weight is 449 g/mol. The lowest BCUT2D eigenvalue weighted by Crippen LogP contribution is -2.21. The fourth-order valence-corrected chi connectivity index (χ4v) is 5.29. The molecule has 0 fully saturated rings. The van der Waals surface area contributed by atoms with Gasteiger partial charge in [0, 0.05) is 21.9 Å². The number of nitrogens with zero attached hydrogens (tertiary/aromatic N) is 2. The van der Waals surface area contributed by atoms with Gasteiger partial charge in [0.25, 0.3) is 11.1 Å². The van der Waals surface area contributed by atoms with Gasteiger partial charge < -0.3 is 0 Å². The molecule has 0 atom stereocenters. The van der Waals surface area contributed by atoms with E-state index >= 15 is 0 Å². The van der Waals surface area contributed by atoms with Gasteiger partial charge in [-0.1, -0.05) is 38.1 Å². The Morgan fingerprint density at radius 1 is 0.750 bits per heavy atom. The van der Waals surface area contributed by atoms with E-state index in [1.54, 1.807) is 21.3 Å². The molecule has 0 amide bonds. The first-order valence-electron chi connectivity index (χ1n) is 8.96. The lowest BCUT2D eigenvalue weighted by molar-refractivity contribution is 0.749. The molecule has 3 rings (SSSR count). The second-order valence-corrected chi connectivity index (χ2v) is 9.85. The van der Waals surface area contributed by atoms with Gasteiger partial charge in [-0.2, -0.15) is 0 Å². The number of aromatic nitrogens is 2. The average Bonchev–Trinajstić information content (AvgIpc) is 2.68. The van der Waals surface area contributed by atoms with Crippen LogP contribution in [-0.2, 0) is 25.9 Å². The first kappa shape index (κ1) is 21.0. The molecule has 0 radical (unpaired) electrons. The molecule has 0 bridgehead atoms. The standard InChI is InChI=1S/C20H20N2O2S4/c1-3-15-9-17(23)21(19(25)27-15)11-13-5-7-14(8-6-13)12-22-18(24)10-16(4-2)28-20(22)26/h5-10H,3-4,11-12H2,1-2H3. The van der Waals surface area contributed by atoms with Gasteiger partial charge in [-0.05, 0) is 48.4 Å². The van der Waals surface area contributed by atoms with Crippen LogP contribution in [0.2, 0.25) is 0 Å². The second-order valence-electron chi connectivity index (χ2n) is 6.33. The van der Waals surface area contributed by atoms with E-state index in [2.05, 4.69) is 0 Å². The van der Waals surface area contributed by atoms with Crippen molar-refractivity contribution >= 4 is 47.1 Å². The Morgan fingerprint density at radius 3 is 1.39 bits per heavy atom. The largest absolute Gasteiger partial charge is 0.287 e. The van der Waals surface area contributed by atoms with Gasteiger partial charge in [-0.25, -0.2) is 0 Å². The zero-order valence-corrected chi connectivity index (χ0v) is 18.9. The summed E-state index contributed by atoms with van der Waals surface area (Å²) < 4.78 is 4.41. The summed E-state index contributed by atoms with van der Waals surface area (Å²) in [5.74, 6) is 0. The van der Waals surface area contributed by atoms with Crippen LogP contribution in [0.1, 0.15) is 34.7 Å². The molecule has 0 aliphatic heterocycles. The Kier molecular flexibility index (Phi) is 6.87. The molecule has 0 unspecified atom stereocenters. The number of benzene rings is 1. The molecular weight excluding hydrogens is 429 g/mol. The monoisotopic (exact) mass is 448 g/mol. The van der Waals surface area contributed by atoms with Crippen LogP contribution >= 0.6 is 47.1 Å². The smallest absolute Gasteiger partial charge is 0.253 e. The SMILES string of the molecule is CCc1cc(=O)n(Cc2ccc(Cn3c(=O)cc(CC)sc3=S)cc2)c(=S)s1. The van der Waals surface area contributed by atoms with Gasteiger partial charge in [0.2, 0.25) is 0 Å². The molecule has 0 N–H and O–H groups in total. The molecule has 0 aliphatic carbocycles. The molecule has 8 heteroatoms. The summed E-state index contributed by atoms with van der Waals surface area (Å²) in [7, 11) is 0. The second kappa shape index (κ2) is 9.17. The predicted molar refractivity (Wildman–Crippen MR) is 122 cm³/mol. The topological polar surface area (TPSA) is 44.0 Å². The van der Waals surface area contributed by atoms with Gasteiger partial charge in [0.1, 0.15) is 0 Å². The summed E-state index contributed by atoms with van der Waals surface area (Å²) in [6.07, 6.45) is 1.62. The van der Waals surface area contributed by atoms with Crippen LogP contribution in [0.25, 0.3) is 0 Å². The first-order valence-corrected chi connectivity index (χ1v) is 11.4. The highest BCUT2D eigenvalue weighted by Crippen LogP contribution is 2.13. The van der Waals surface area contributed by atoms with E-state index in [1.807, 2.05) is 38.1 Å². The molecule has 4 nitrogen and oxygen atoms in total. The quantitative estimate of drug-likeness (QED) is 0.508. The van der Waals surface area contributed by atoms with Gasteiger partial charge in [0.15, 0.2) is 7.91 Å². The Bertz CT molecular complexity index is 1060. The van der Waals surface area contributed by atoms with Crippen molar-refractivity contribution in [3.05, 3.63) is 85.9 Å². The third-order valence-electron chi connectivity index (χ3n) is 4.38. The number of aryl methyl sites for hydroxylation is 2. The summed E-state index contributed by atoms with van der Waals surface area (Å²) in [4.78, 5) is 26.6. The lowest BCUT2D eigenvalue weighted by atomic mass is 10.1. The van der Waals surface area contributed by atoms with Crippen LogP contribution < -0.4 is 11.1 Å². The molecule has 1 aromatic carbocycles. The number of rotatable bonds is 6. The van der Waals surface area contributed by atoms with Gasteiger partial charge >= 0.3 is 0 Å². The Morgan fingerprint density at radius 2 is 1.11 bits per heavy atom. The maximum atomic E-state index is 12.3. The first-order chi connectivity index (χ1) is 13.4. The van der Waals surface area contributed by atoms with Crippen molar-refractivity contribution in [1.29, 1.82) is 0 Å². The van der Waals surface area contributed by atoms with E-state index in [1.165, 1.54) is 22.7 Å². The van der Waals surface area contributed by atoms with E-state index in [0.717, 1.165) is 33.7 Å². The molecule has 0 saturated heterocycles. The van der Waals surface area contributed by atoms with Crippen LogP contribution in [0.4, 0.5) is 0 Å². The molecule has 2 heterocycles. The van der Waals surface area contributed by atoms with Crippen LogP contribution in [0.15, 0.2) is 46.0 Å². The summed E-state index contributed by atoms with van der Waals surface area (Å²) in [6.45, 7) is 4.91.